The zero-order valence-electron chi connectivity index (χ0n) is 5.59. The van der Waals surface area contributed by atoms with Crippen molar-refractivity contribution >= 4 is 0 Å². The Balaban J connectivity index is 2.70. The van der Waals surface area contributed by atoms with Crippen LogP contribution in [0.2, 0.25) is 0 Å². The van der Waals surface area contributed by atoms with Crippen molar-refractivity contribution in [1.29, 1.82) is 5.26 Å². The van der Waals surface area contributed by atoms with Gasteiger partial charge in [-0.05, 0) is 25.2 Å². The average Bonchev–Trinajstić information content (AvgIpc) is 2.15. The van der Waals surface area contributed by atoms with Crippen LogP contribution in [0.4, 0.5) is 0 Å². The Kier molecular flexibility index (Phi) is 1.46. The fraction of sp³-hybridized carbons (Fsp3) is 0.857. The lowest BCUT2D eigenvalue weighted by molar-refractivity contribution is 0.0665. The van der Waals surface area contributed by atoms with Gasteiger partial charge in [0.1, 0.15) is 0 Å². The van der Waals surface area contributed by atoms with Crippen molar-refractivity contribution in [1.82, 2.24) is 0 Å². The second kappa shape index (κ2) is 2.00. The van der Waals surface area contributed by atoms with Gasteiger partial charge in [-0.15, -0.1) is 0 Å². The van der Waals surface area contributed by atoms with Crippen LogP contribution >= 0.6 is 0 Å². The Hall–Kier alpha value is -0.550. The van der Waals surface area contributed by atoms with E-state index < -0.39 is 5.60 Å². The third-order valence-corrected chi connectivity index (χ3v) is 2.20. The monoisotopic (exact) mass is 125 g/mol. The van der Waals surface area contributed by atoms with Crippen molar-refractivity contribution in [2.75, 3.05) is 0 Å². The molecule has 0 aromatic carbocycles. The van der Waals surface area contributed by atoms with Crippen LogP contribution in [0, 0.1) is 17.2 Å². The Morgan fingerprint density at radius 1 is 1.78 bits per heavy atom. The normalized spacial score (nSPS) is 42.6. The van der Waals surface area contributed by atoms with E-state index in [0.717, 1.165) is 12.8 Å². The number of nitrogens with zero attached hydrogens (tertiary/aromatic N) is 1. The molecule has 0 radical (unpaired) electrons. The first-order valence-electron chi connectivity index (χ1n) is 3.33. The maximum absolute atomic E-state index is 9.41. The lowest BCUT2D eigenvalue weighted by Gasteiger charge is -2.17. The van der Waals surface area contributed by atoms with E-state index in [1.165, 1.54) is 0 Å². The van der Waals surface area contributed by atoms with Crippen LogP contribution < -0.4 is 0 Å². The summed E-state index contributed by atoms with van der Waals surface area (Å²) in [6.45, 7) is 1.93. The summed E-state index contributed by atoms with van der Waals surface area (Å²) in [5, 5.41) is 17.9. The zero-order valence-corrected chi connectivity index (χ0v) is 5.59. The van der Waals surface area contributed by atoms with E-state index in [0.29, 0.717) is 6.42 Å². The summed E-state index contributed by atoms with van der Waals surface area (Å²) in [6, 6.07) is 1.95. The van der Waals surface area contributed by atoms with Crippen LogP contribution in [0.1, 0.15) is 26.2 Å². The van der Waals surface area contributed by atoms with Crippen molar-refractivity contribution in [2.45, 2.75) is 31.8 Å². The van der Waals surface area contributed by atoms with Crippen molar-refractivity contribution in [2.24, 2.45) is 5.92 Å². The van der Waals surface area contributed by atoms with Crippen molar-refractivity contribution in [3.05, 3.63) is 0 Å². The highest BCUT2D eigenvalue weighted by atomic mass is 16.3. The molecule has 0 unspecified atom stereocenters. The second-order valence-electron chi connectivity index (χ2n) is 2.83. The number of aliphatic hydroxyl groups is 1. The molecule has 1 saturated carbocycles. The van der Waals surface area contributed by atoms with Gasteiger partial charge in [-0.3, -0.25) is 0 Å². The Labute approximate surface area is 55.1 Å². The largest absolute Gasteiger partial charge is 0.375 e. The fourth-order valence-corrected chi connectivity index (χ4v) is 1.33. The number of nitriles is 1. The van der Waals surface area contributed by atoms with Crippen molar-refractivity contribution < 1.29 is 5.11 Å². The SMILES string of the molecule is C[C@H]1CCC[C@@]1(O)C#N. The number of rotatable bonds is 0. The van der Waals surface area contributed by atoms with Gasteiger partial charge in [0.2, 0.25) is 0 Å². The molecule has 2 nitrogen and oxygen atoms in total. The molecular formula is C7H11NO. The summed E-state index contributed by atoms with van der Waals surface area (Å²) >= 11 is 0. The third kappa shape index (κ3) is 0.927. The molecule has 0 aliphatic heterocycles. The van der Waals surface area contributed by atoms with E-state index in [1.54, 1.807) is 0 Å². The summed E-state index contributed by atoms with van der Waals surface area (Å²) in [4.78, 5) is 0. The topological polar surface area (TPSA) is 44.0 Å². The molecule has 1 rings (SSSR count). The van der Waals surface area contributed by atoms with Gasteiger partial charge in [-0.1, -0.05) is 6.92 Å². The Morgan fingerprint density at radius 3 is 2.67 bits per heavy atom. The molecule has 0 amide bonds. The standard InChI is InChI=1S/C7H11NO/c1-6-3-2-4-7(6,9)5-8/h6,9H,2-4H2,1H3/t6-,7+/m0/s1. The number of hydrogen-bond acceptors (Lipinski definition) is 2. The van der Waals surface area contributed by atoms with Gasteiger partial charge < -0.3 is 5.11 Å². The molecule has 1 N–H and O–H groups in total. The Morgan fingerprint density at radius 2 is 2.44 bits per heavy atom. The third-order valence-electron chi connectivity index (χ3n) is 2.20. The molecule has 1 aliphatic carbocycles. The predicted octanol–water partition coefficient (Wildman–Crippen LogP) is 1.06. The molecule has 0 saturated heterocycles. The van der Waals surface area contributed by atoms with Crippen LogP contribution in [0.3, 0.4) is 0 Å². The maximum Gasteiger partial charge on any atom is 0.153 e. The molecular weight excluding hydrogens is 114 g/mol. The minimum Gasteiger partial charge on any atom is -0.375 e. The van der Waals surface area contributed by atoms with E-state index >= 15 is 0 Å². The van der Waals surface area contributed by atoms with Gasteiger partial charge >= 0.3 is 0 Å². The first-order valence-corrected chi connectivity index (χ1v) is 3.33. The van der Waals surface area contributed by atoms with Gasteiger partial charge in [0.05, 0.1) is 6.07 Å². The highest BCUT2D eigenvalue weighted by molar-refractivity contribution is 5.06. The number of hydrogen-bond donors (Lipinski definition) is 1. The zero-order chi connectivity index (χ0) is 6.91. The van der Waals surface area contributed by atoms with Crippen LogP contribution in [0.25, 0.3) is 0 Å². The van der Waals surface area contributed by atoms with Crippen LogP contribution in [-0.4, -0.2) is 10.7 Å². The molecule has 0 aromatic rings. The highest BCUT2D eigenvalue weighted by Crippen LogP contribution is 2.34. The lowest BCUT2D eigenvalue weighted by Crippen LogP contribution is -2.28. The molecule has 1 aliphatic rings. The first-order chi connectivity index (χ1) is 4.19. The molecule has 0 bridgehead atoms. The van der Waals surface area contributed by atoms with Crippen LogP contribution in [0.15, 0.2) is 0 Å². The van der Waals surface area contributed by atoms with Gasteiger partial charge in [0, 0.05) is 0 Å². The molecule has 0 heterocycles. The van der Waals surface area contributed by atoms with Gasteiger partial charge in [0.15, 0.2) is 5.60 Å². The highest BCUT2D eigenvalue weighted by Gasteiger charge is 2.37. The van der Waals surface area contributed by atoms with E-state index in [4.69, 9.17) is 5.26 Å². The minimum absolute atomic E-state index is 0.169. The van der Waals surface area contributed by atoms with Gasteiger partial charge in [-0.25, -0.2) is 0 Å². The molecule has 2 heteroatoms. The van der Waals surface area contributed by atoms with E-state index in [9.17, 15) is 5.11 Å². The minimum atomic E-state index is -1.00. The maximum atomic E-state index is 9.41. The quantitative estimate of drug-likeness (QED) is 0.492. The van der Waals surface area contributed by atoms with Crippen LogP contribution in [-0.2, 0) is 0 Å². The lowest BCUT2D eigenvalue weighted by atomic mass is 9.95. The van der Waals surface area contributed by atoms with E-state index in [1.807, 2.05) is 13.0 Å². The van der Waals surface area contributed by atoms with Gasteiger partial charge in [0.25, 0.3) is 0 Å². The summed E-state index contributed by atoms with van der Waals surface area (Å²) in [5.41, 5.74) is -1.00. The molecule has 2 atom stereocenters. The summed E-state index contributed by atoms with van der Waals surface area (Å²) in [6.07, 6.45) is 2.64. The van der Waals surface area contributed by atoms with Gasteiger partial charge in [-0.2, -0.15) is 5.26 Å². The van der Waals surface area contributed by atoms with Crippen LogP contribution in [0.5, 0.6) is 0 Å². The molecule has 1 fully saturated rings. The van der Waals surface area contributed by atoms with Crippen molar-refractivity contribution in [3.8, 4) is 6.07 Å². The molecule has 9 heavy (non-hydrogen) atoms. The summed E-state index contributed by atoms with van der Waals surface area (Å²) in [5.74, 6) is 0.169. The first kappa shape index (κ1) is 6.57. The smallest absolute Gasteiger partial charge is 0.153 e. The summed E-state index contributed by atoms with van der Waals surface area (Å²) < 4.78 is 0. The summed E-state index contributed by atoms with van der Waals surface area (Å²) in [7, 11) is 0. The van der Waals surface area contributed by atoms with E-state index in [2.05, 4.69) is 0 Å². The molecule has 50 valence electrons. The van der Waals surface area contributed by atoms with E-state index in [-0.39, 0.29) is 5.92 Å². The fourth-order valence-electron chi connectivity index (χ4n) is 1.33. The average molecular weight is 125 g/mol. The molecule has 0 aromatic heterocycles. The molecule has 0 spiro atoms. The predicted molar refractivity (Wildman–Crippen MR) is 33.6 cm³/mol. The second-order valence-corrected chi connectivity index (χ2v) is 2.83. The Bertz CT molecular complexity index is 149. The van der Waals surface area contributed by atoms with Crippen molar-refractivity contribution in [3.63, 3.8) is 0 Å².